The Bertz CT molecular complexity index is 52.1. The lowest BCUT2D eigenvalue weighted by Gasteiger charge is -1.94. The summed E-state index contributed by atoms with van der Waals surface area (Å²) in [6, 6.07) is 0. The van der Waals surface area contributed by atoms with Crippen molar-refractivity contribution in [2.75, 3.05) is 20.3 Å². The predicted octanol–water partition coefficient (Wildman–Crippen LogP) is -0.336. The fraction of sp³-hybridized carbons (Fsp3) is 1.00. The zero-order valence-electron chi connectivity index (χ0n) is 4.22. The van der Waals surface area contributed by atoms with Gasteiger partial charge in [-0.3, -0.25) is 0 Å². The Balaban J connectivity index is 2.14. The van der Waals surface area contributed by atoms with Gasteiger partial charge in [0.25, 0.3) is 0 Å². The molecule has 1 aliphatic heterocycles. The van der Waals surface area contributed by atoms with E-state index in [2.05, 4.69) is 4.65 Å². The Morgan fingerprint density at radius 1 is 1.43 bits per heavy atom. The highest BCUT2D eigenvalue weighted by Gasteiger charge is 2.24. The van der Waals surface area contributed by atoms with Crippen LogP contribution in [0.5, 0.6) is 0 Å². The summed E-state index contributed by atoms with van der Waals surface area (Å²) in [5.74, 6) is 0. The summed E-state index contributed by atoms with van der Waals surface area (Å²) in [4.78, 5) is 0. The Labute approximate surface area is 42.7 Å². The van der Waals surface area contributed by atoms with Gasteiger partial charge in [-0.1, -0.05) is 0 Å². The van der Waals surface area contributed by atoms with Gasteiger partial charge in [-0.25, -0.2) is 0 Å². The summed E-state index contributed by atoms with van der Waals surface area (Å²) in [5, 5.41) is 0. The van der Waals surface area contributed by atoms with Crippen LogP contribution in [0.3, 0.4) is 0 Å². The van der Waals surface area contributed by atoms with E-state index in [0.29, 0.717) is 13.2 Å². The molecule has 1 fully saturated rings. The quantitative estimate of drug-likeness (QED) is 0.424. The van der Waals surface area contributed by atoms with Crippen LogP contribution in [0.1, 0.15) is 0 Å². The first-order chi connectivity index (χ1) is 3.43. The van der Waals surface area contributed by atoms with E-state index >= 15 is 0 Å². The first-order valence-corrected chi connectivity index (χ1v) is 2.19. The summed E-state index contributed by atoms with van der Waals surface area (Å²) < 4.78 is 14.4. The summed E-state index contributed by atoms with van der Waals surface area (Å²) in [6.45, 7) is 1.30. The molecule has 0 aromatic carbocycles. The van der Waals surface area contributed by atoms with E-state index in [1.165, 1.54) is 0 Å². The molecule has 3 nitrogen and oxygen atoms in total. The van der Waals surface area contributed by atoms with Crippen molar-refractivity contribution < 1.29 is 14.0 Å². The third kappa shape index (κ3) is 1.16. The van der Waals surface area contributed by atoms with E-state index in [1.807, 2.05) is 0 Å². The first kappa shape index (κ1) is 5.09. The average molecular weight is 102 g/mol. The molecule has 0 N–H and O–H groups in total. The van der Waals surface area contributed by atoms with Crippen LogP contribution in [0.15, 0.2) is 0 Å². The minimum atomic E-state index is -0.403. The van der Waals surface area contributed by atoms with Crippen molar-refractivity contribution in [2.45, 2.75) is 0 Å². The van der Waals surface area contributed by atoms with Gasteiger partial charge in [0.2, 0.25) is 0 Å². The molecule has 40 valence electrons. The second-order valence-electron chi connectivity index (χ2n) is 1.27. The van der Waals surface area contributed by atoms with E-state index in [-0.39, 0.29) is 0 Å². The molecule has 1 aliphatic rings. The molecule has 4 heteroatoms. The van der Waals surface area contributed by atoms with Crippen LogP contribution in [0, 0.1) is 0 Å². The van der Waals surface area contributed by atoms with Gasteiger partial charge in [0.1, 0.15) is 0 Å². The molecule has 0 unspecified atom stereocenters. The molecule has 1 heterocycles. The molecule has 1 rings (SSSR count). The van der Waals surface area contributed by atoms with Crippen LogP contribution in [-0.2, 0) is 14.0 Å². The minimum Gasteiger partial charge on any atom is -0.389 e. The Kier molecular flexibility index (Phi) is 1.67. The van der Waals surface area contributed by atoms with Gasteiger partial charge in [-0.05, 0) is 0 Å². The molecule has 7 heavy (non-hydrogen) atoms. The summed E-state index contributed by atoms with van der Waals surface area (Å²) >= 11 is 0. The Morgan fingerprint density at radius 2 is 2.00 bits per heavy atom. The zero-order chi connectivity index (χ0) is 5.11. The van der Waals surface area contributed by atoms with Gasteiger partial charge in [-0.15, -0.1) is 0 Å². The fourth-order valence-corrected chi connectivity index (χ4v) is 0.473. The Morgan fingerprint density at radius 3 is 2.29 bits per heavy atom. The van der Waals surface area contributed by atoms with Crippen LogP contribution >= 0.6 is 0 Å². The van der Waals surface area contributed by atoms with E-state index in [9.17, 15) is 0 Å². The lowest BCUT2D eigenvalue weighted by Crippen LogP contribution is -2.16. The highest BCUT2D eigenvalue weighted by Crippen LogP contribution is 1.97. The third-order valence-electron chi connectivity index (χ3n) is 0.784. The van der Waals surface area contributed by atoms with Crippen molar-refractivity contribution in [3.63, 3.8) is 0 Å². The molecule has 0 aromatic heterocycles. The smallest absolute Gasteiger partial charge is 0.389 e. The van der Waals surface area contributed by atoms with Gasteiger partial charge in [-0.2, -0.15) is 0 Å². The molecule has 0 spiro atoms. The largest absolute Gasteiger partial charge is 0.639 e. The number of hydrogen-bond donors (Lipinski definition) is 0. The predicted molar refractivity (Wildman–Crippen MR) is 24.7 cm³/mol. The molecule has 0 saturated carbocycles. The van der Waals surface area contributed by atoms with Crippen LogP contribution < -0.4 is 0 Å². The van der Waals surface area contributed by atoms with Gasteiger partial charge in [0.05, 0.1) is 13.2 Å². The van der Waals surface area contributed by atoms with Gasteiger partial charge >= 0.3 is 7.32 Å². The van der Waals surface area contributed by atoms with Gasteiger partial charge in [0, 0.05) is 7.11 Å². The second kappa shape index (κ2) is 2.30. The van der Waals surface area contributed by atoms with E-state index in [0.717, 1.165) is 0 Å². The summed E-state index contributed by atoms with van der Waals surface area (Å²) in [6.07, 6.45) is 0. The van der Waals surface area contributed by atoms with Crippen LogP contribution in [0.4, 0.5) is 0 Å². The van der Waals surface area contributed by atoms with Crippen molar-refractivity contribution in [3.8, 4) is 0 Å². The maximum atomic E-state index is 4.86. The van der Waals surface area contributed by atoms with Crippen LogP contribution in [0.2, 0.25) is 0 Å². The van der Waals surface area contributed by atoms with Crippen molar-refractivity contribution >= 4 is 7.32 Å². The van der Waals surface area contributed by atoms with Gasteiger partial charge < -0.3 is 14.0 Å². The van der Waals surface area contributed by atoms with E-state index in [4.69, 9.17) is 9.31 Å². The summed E-state index contributed by atoms with van der Waals surface area (Å²) in [5.41, 5.74) is 0. The molecule has 0 radical (unpaired) electrons. The van der Waals surface area contributed by atoms with Gasteiger partial charge in [0.15, 0.2) is 0 Å². The molecular weight excluding hydrogens is 94.8 g/mol. The van der Waals surface area contributed by atoms with E-state index in [1.54, 1.807) is 7.11 Å². The second-order valence-corrected chi connectivity index (χ2v) is 1.27. The molecule has 0 amide bonds. The highest BCUT2D eigenvalue weighted by atomic mass is 16.8. The third-order valence-corrected chi connectivity index (χ3v) is 0.784. The molecular formula is C3H7BO3. The molecule has 0 aliphatic carbocycles. The minimum absolute atomic E-state index is 0.403. The summed E-state index contributed by atoms with van der Waals surface area (Å²) in [7, 11) is 1.15. The lowest BCUT2D eigenvalue weighted by molar-refractivity contribution is 0.219. The molecule has 0 bridgehead atoms. The number of hydrogen-bond acceptors (Lipinski definition) is 3. The van der Waals surface area contributed by atoms with Crippen molar-refractivity contribution in [3.05, 3.63) is 0 Å². The van der Waals surface area contributed by atoms with Crippen LogP contribution in [0.25, 0.3) is 0 Å². The fourth-order valence-electron chi connectivity index (χ4n) is 0.473. The van der Waals surface area contributed by atoms with Crippen molar-refractivity contribution in [1.29, 1.82) is 0 Å². The zero-order valence-corrected chi connectivity index (χ0v) is 4.22. The van der Waals surface area contributed by atoms with Crippen molar-refractivity contribution in [2.24, 2.45) is 0 Å². The average Bonchev–Trinajstić information content (AvgIpc) is 2.14. The topological polar surface area (TPSA) is 27.7 Å². The standard InChI is InChI=1S/C3H7BO3/c1-5-4-6-2-3-7-4/h2-3H2,1H3. The normalized spacial score (nSPS) is 21.0. The molecule has 1 saturated heterocycles. The lowest BCUT2D eigenvalue weighted by atomic mass is 10.2. The highest BCUT2D eigenvalue weighted by molar-refractivity contribution is 6.36. The Hall–Kier alpha value is -0.0551. The first-order valence-electron chi connectivity index (χ1n) is 2.19. The molecule has 0 atom stereocenters. The SMILES string of the molecule is COB1OCCO1. The maximum Gasteiger partial charge on any atom is 0.639 e. The maximum absolute atomic E-state index is 4.86. The van der Waals surface area contributed by atoms with Crippen LogP contribution in [-0.4, -0.2) is 27.6 Å². The van der Waals surface area contributed by atoms with E-state index < -0.39 is 7.32 Å². The van der Waals surface area contributed by atoms with Crippen molar-refractivity contribution in [1.82, 2.24) is 0 Å². The number of rotatable bonds is 1. The monoisotopic (exact) mass is 102 g/mol. The molecule has 0 aromatic rings.